The third kappa shape index (κ3) is 18.2. The molecule has 0 aliphatic heterocycles. The second-order valence-corrected chi connectivity index (χ2v) is 17.5. The first-order chi connectivity index (χ1) is 28.9. The molecule has 5 rings (SSSR count). The molecule has 65 heavy (non-hydrogen) atoms. The van der Waals surface area contributed by atoms with Gasteiger partial charge in [0.1, 0.15) is 43.0 Å². The van der Waals surface area contributed by atoms with E-state index in [0.717, 1.165) is 12.1 Å². The van der Waals surface area contributed by atoms with E-state index in [1.54, 1.807) is 0 Å². The van der Waals surface area contributed by atoms with Crippen LogP contribution in [-0.4, -0.2) is 61.7 Å². The average Bonchev–Trinajstić information content (AvgIpc) is 3.19. The van der Waals surface area contributed by atoms with Crippen LogP contribution in [0, 0.1) is 0 Å². The zero-order valence-electron chi connectivity index (χ0n) is 33.7. The SMILES string of the molecule is Nc1c(N=Nc2ccccc2S(=O)(=O)[O-])cc(S(=O)(=O)[O-])c(N)c1N=Nc1cc(Nc2nc(Cl)nc(Nc3ccc(S(=O)(=O)CCOSOO[O-])cc3)n2)ccc1SOO[O-].[Na+].[Na+].[Na+].[Na+]. The zero-order valence-corrected chi connectivity index (χ0v) is 46.5. The molecule has 26 nitrogen and oxygen atoms in total. The molecule has 0 aliphatic rings. The summed E-state index contributed by atoms with van der Waals surface area (Å²) < 4.78 is 110. The summed E-state index contributed by atoms with van der Waals surface area (Å²) >= 11 is 6.68. The first-order valence-corrected chi connectivity index (χ1v) is 22.0. The molecule has 0 spiro atoms. The van der Waals surface area contributed by atoms with E-state index in [9.17, 15) is 44.9 Å². The largest absolute Gasteiger partial charge is 1.00 e. The van der Waals surface area contributed by atoms with Gasteiger partial charge in [0.25, 0.3) is 0 Å². The van der Waals surface area contributed by atoms with Crippen LogP contribution in [0.3, 0.4) is 0 Å². The minimum atomic E-state index is -5.34. The molecule has 0 saturated heterocycles. The van der Waals surface area contributed by atoms with Crippen LogP contribution in [0.25, 0.3) is 0 Å². The maximum Gasteiger partial charge on any atom is 1.00 e. The molecular weight excluding hydrogens is 1030 g/mol. The Morgan fingerprint density at radius 1 is 0.662 bits per heavy atom. The number of anilines is 6. The van der Waals surface area contributed by atoms with Crippen molar-refractivity contribution in [1.82, 2.24) is 15.0 Å². The van der Waals surface area contributed by atoms with Gasteiger partial charge >= 0.3 is 118 Å². The molecule has 0 radical (unpaired) electrons. The van der Waals surface area contributed by atoms with Gasteiger partial charge in [-0.2, -0.15) is 19.3 Å². The predicted octanol–water partition coefficient (Wildman–Crippen LogP) is -8.36. The minimum Gasteiger partial charge on any atom is -0.744 e. The van der Waals surface area contributed by atoms with Crippen LogP contribution in [0.2, 0.25) is 5.28 Å². The average molecular weight is 1050 g/mol. The normalized spacial score (nSPS) is 11.6. The Kier molecular flexibility index (Phi) is 27.0. The molecular formula is C29H22ClN11Na4O15S5. The maximum atomic E-state index is 12.6. The van der Waals surface area contributed by atoms with E-state index in [4.69, 9.17) is 27.3 Å². The van der Waals surface area contributed by atoms with Gasteiger partial charge in [-0.25, -0.2) is 25.3 Å². The van der Waals surface area contributed by atoms with Gasteiger partial charge in [-0.3, -0.25) is 14.3 Å². The number of azo groups is 2. The Bertz CT molecular complexity index is 2810. The minimum absolute atomic E-state index is 0. The molecule has 5 aromatic rings. The van der Waals surface area contributed by atoms with E-state index in [1.807, 2.05) is 0 Å². The molecule has 0 saturated carbocycles. The molecule has 0 aliphatic carbocycles. The fraction of sp³-hybridized carbons (Fsp3) is 0.0690. The van der Waals surface area contributed by atoms with Gasteiger partial charge in [0.05, 0.1) is 55.4 Å². The van der Waals surface area contributed by atoms with Crippen molar-refractivity contribution in [3.8, 4) is 0 Å². The Balaban J connectivity index is 0.00000528. The van der Waals surface area contributed by atoms with Crippen LogP contribution in [0.1, 0.15) is 0 Å². The van der Waals surface area contributed by atoms with Crippen molar-refractivity contribution in [3.63, 3.8) is 0 Å². The first-order valence-electron chi connectivity index (χ1n) is 15.8. The summed E-state index contributed by atoms with van der Waals surface area (Å²) in [6.07, 6.45) is 0. The third-order valence-electron chi connectivity index (χ3n) is 7.23. The molecule has 0 fully saturated rings. The van der Waals surface area contributed by atoms with Crippen LogP contribution < -0.4 is 151 Å². The molecule has 36 heteroatoms. The molecule has 4 aromatic carbocycles. The van der Waals surface area contributed by atoms with Crippen molar-refractivity contribution >= 4 is 123 Å². The van der Waals surface area contributed by atoms with Gasteiger partial charge in [-0.05, 0) is 72.3 Å². The molecule has 1 heterocycles. The Labute approximate surface area is 470 Å². The molecule has 0 atom stereocenters. The smallest absolute Gasteiger partial charge is 0.744 e. The monoisotopic (exact) mass is 1050 g/mol. The fourth-order valence-corrected chi connectivity index (χ4v) is 7.82. The van der Waals surface area contributed by atoms with E-state index in [1.165, 1.54) is 54.6 Å². The van der Waals surface area contributed by atoms with Gasteiger partial charge in [-0.15, -0.1) is 24.8 Å². The van der Waals surface area contributed by atoms with Crippen molar-refractivity contribution < 1.29 is 186 Å². The second-order valence-electron chi connectivity index (χ2n) is 11.1. The van der Waals surface area contributed by atoms with Gasteiger partial charge in [0.2, 0.25) is 17.2 Å². The fourth-order valence-electron chi connectivity index (χ4n) is 4.61. The molecule has 0 bridgehead atoms. The quantitative estimate of drug-likeness (QED) is 0.00822. The Morgan fingerprint density at radius 2 is 1.23 bits per heavy atom. The molecule has 1 aromatic heterocycles. The van der Waals surface area contributed by atoms with Gasteiger partial charge < -0.3 is 41.7 Å². The van der Waals surface area contributed by atoms with Crippen LogP contribution >= 0.6 is 36.0 Å². The molecule has 0 unspecified atom stereocenters. The number of hydrogen-bond donors (Lipinski definition) is 4. The van der Waals surface area contributed by atoms with Gasteiger partial charge in [0.15, 0.2) is 22.2 Å². The van der Waals surface area contributed by atoms with Gasteiger partial charge in [0, 0.05) is 11.4 Å². The number of nitrogen functional groups attached to an aromatic ring is 2. The van der Waals surface area contributed by atoms with E-state index in [-0.39, 0.29) is 176 Å². The number of sulfone groups is 1. The standard InChI is InChI=1S/C29H26ClN11O15S5.4Na/c30-27-35-28(33-15-5-8-17(9-6-15)59(44,45)12-11-52-58-56-54-43)37-29(36-27)34-16-7-10-21(57-55-53-42)19(13-16)39-41-26-24(31)20(14-23(25(26)32)61(49,50)51)40-38-18-3-1-2-4-22(18)60(46,47)48;;;;/h1-10,13-14,42-43H,11-12,31-32H2,(H,46,47,48)(H,49,50,51)(H2,33,34,35,36,37);;;;/q;4*+1/p-4. The first kappa shape index (κ1) is 61.8. The molecule has 0 amide bonds. The summed E-state index contributed by atoms with van der Waals surface area (Å²) in [5.41, 5.74) is 9.69. The third-order valence-corrected chi connectivity index (χ3v) is 11.9. The topological polar surface area (TPSA) is 405 Å². The van der Waals surface area contributed by atoms with E-state index < -0.39 is 74.1 Å². The summed E-state index contributed by atoms with van der Waals surface area (Å²) in [6.45, 7) is -0.315. The number of benzene rings is 4. The predicted molar refractivity (Wildman–Crippen MR) is 206 cm³/mol. The summed E-state index contributed by atoms with van der Waals surface area (Å²) in [5, 5.41) is 47.7. The van der Waals surface area contributed by atoms with E-state index in [2.05, 4.69) is 64.8 Å². The van der Waals surface area contributed by atoms with Gasteiger partial charge in [-0.1, -0.05) is 12.1 Å². The number of nitrogens with two attached hydrogens (primary N) is 2. The van der Waals surface area contributed by atoms with Crippen molar-refractivity contribution in [2.75, 3.05) is 34.5 Å². The molecule has 324 valence electrons. The second kappa shape index (κ2) is 28.4. The summed E-state index contributed by atoms with van der Waals surface area (Å²) in [4.78, 5) is 10.4. The number of halogens is 1. The van der Waals surface area contributed by atoms with Crippen LogP contribution in [0.5, 0.6) is 0 Å². The van der Waals surface area contributed by atoms with Crippen LogP contribution in [0.15, 0.2) is 113 Å². The van der Waals surface area contributed by atoms with Crippen LogP contribution in [-0.2, 0) is 53.0 Å². The number of nitrogens with one attached hydrogen (secondary N) is 2. The maximum absolute atomic E-state index is 12.6. The molecule has 6 N–H and O–H groups in total. The van der Waals surface area contributed by atoms with Crippen molar-refractivity contribution in [2.45, 2.75) is 19.6 Å². The number of rotatable bonds is 20. The van der Waals surface area contributed by atoms with E-state index in [0.29, 0.717) is 23.8 Å². The summed E-state index contributed by atoms with van der Waals surface area (Å²) in [6, 6.07) is 14.8. The van der Waals surface area contributed by atoms with E-state index >= 15 is 0 Å². The Morgan fingerprint density at radius 3 is 1.85 bits per heavy atom. The summed E-state index contributed by atoms with van der Waals surface area (Å²) in [5.74, 6) is -0.679. The Hall–Kier alpha value is -1.23. The number of hydrogen-bond acceptors (Lipinski definition) is 28. The van der Waals surface area contributed by atoms with Crippen molar-refractivity contribution in [2.24, 2.45) is 20.5 Å². The number of nitrogens with zero attached hydrogens (tertiary/aromatic N) is 7. The van der Waals surface area contributed by atoms with Crippen molar-refractivity contribution in [1.29, 1.82) is 0 Å². The summed E-state index contributed by atoms with van der Waals surface area (Å²) in [7, 11) is -14.2. The number of aromatic nitrogens is 3. The zero-order chi connectivity index (χ0) is 44.4. The van der Waals surface area contributed by atoms with Crippen LogP contribution in [0.4, 0.5) is 57.4 Å². The van der Waals surface area contributed by atoms with Crippen molar-refractivity contribution in [3.05, 3.63) is 78.1 Å².